The number of ether oxygens (including phenoxy) is 2. The van der Waals surface area contributed by atoms with Crippen molar-refractivity contribution in [3.05, 3.63) is 64.7 Å². The summed E-state index contributed by atoms with van der Waals surface area (Å²) in [6, 6.07) is 12.9. The molecule has 0 aliphatic carbocycles. The van der Waals surface area contributed by atoms with Gasteiger partial charge in [0.05, 0.1) is 19.6 Å². The number of anilines is 1. The molecule has 1 heterocycles. The first-order chi connectivity index (χ1) is 14.5. The molecule has 1 fully saturated rings. The second-order valence-electron chi connectivity index (χ2n) is 6.90. The van der Waals surface area contributed by atoms with Crippen molar-refractivity contribution in [3.63, 3.8) is 0 Å². The molecule has 7 nitrogen and oxygen atoms in total. The molecule has 3 rings (SSSR count). The maximum Gasteiger partial charge on any atom is 0.307 e. The van der Waals surface area contributed by atoms with Gasteiger partial charge in [0, 0.05) is 22.9 Å². The van der Waals surface area contributed by atoms with Gasteiger partial charge >= 0.3 is 5.97 Å². The van der Waals surface area contributed by atoms with Crippen LogP contribution in [0, 0.1) is 0 Å². The molecule has 2 amide bonds. The Kier molecular flexibility index (Phi) is 7.43. The van der Waals surface area contributed by atoms with Gasteiger partial charge in [0.15, 0.2) is 0 Å². The average molecular weight is 431 g/mol. The van der Waals surface area contributed by atoms with Crippen molar-refractivity contribution in [1.29, 1.82) is 0 Å². The molecule has 1 saturated heterocycles. The van der Waals surface area contributed by atoms with Crippen molar-refractivity contribution in [2.45, 2.75) is 31.4 Å². The molecule has 0 radical (unpaired) electrons. The molecule has 0 bridgehead atoms. The molecular formula is C22H23ClN2O5. The third-order valence-electron chi connectivity index (χ3n) is 4.80. The second kappa shape index (κ2) is 10.2. The third-order valence-corrected chi connectivity index (χ3v) is 5.14. The highest BCUT2D eigenvalue weighted by Crippen LogP contribution is 2.26. The van der Waals surface area contributed by atoms with Gasteiger partial charge in [-0.05, 0) is 42.7 Å². The Morgan fingerprint density at radius 2 is 2.00 bits per heavy atom. The van der Waals surface area contributed by atoms with E-state index in [1.54, 1.807) is 48.5 Å². The fraction of sp³-hybridized carbons (Fsp3) is 0.318. The number of rotatable bonds is 7. The molecule has 2 unspecified atom stereocenters. The molecule has 2 aromatic carbocycles. The normalized spacial score (nSPS) is 16.5. The molecule has 1 aliphatic rings. The van der Waals surface area contributed by atoms with Gasteiger partial charge in [0.1, 0.15) is 6.10 Å². The maximum absolute atomic E-state index is 12.9. The molecule has 30 heavy (non-hydrogen) atoms. The number of esters is 1. The number of benzene rings is 2. The van der Waals surface area contributed by atoms with Gasteiger partial charge in [-0.25, -0.2) is 0 Å². The lowest BCUT2D eigenvalue weighted by Crippen LogP contribution is -2.31. The predicted octanol–water partition coefficient (Wildman–Crippen LogP) is 3.49. The molecule has 158 valence electrons. The summed E-state index contributed by atoms with van der Waals surface area (Å²) in [6.45, 7) is 0.574. The molecule has 0 saturated carbocycles. The quantitative estimate of drug-likeness (QED) is 0.656. The van der Waals surface area contributed by atoms with Gasteiger partial charge in [-0.3, -0.25) is 14.4 Å². The van der Waals surface area contributed by atoms with Crippen LogP contribution in [-0.4, -0.2) is 37.6 Å². The van der Waals surface area contributed by atoms with Crippen LogP contribution in [0.25, 0.3) is 0 Å². The van der Waals surface area contributed by atoms with Crippen LogP contribution in [0.5, 0.6) is 0 Å². The van der Waals surface area contributed by atoms with Crippen molar-refractivity contribution in [2.24, 2.45) is 0 Å². The van der Waals surface area contributed by atoms with Crippen LogP contribution in [0.2, 0.25) is 5.02 Å². The lowest BCUT2D eigenvalue weighted by atomic mass is 10.0. The Bertz CT molecular complexity index is 927. The maximum atomic E-state index is 12.9. The minimum absolute atomic E-state index is 0.0680. The van der Waals surface area contributed by atoms with Crippen molar-refractivity contribution in [1.82, 2.24) is 5.32 Å². The summed E-state index contributed by atoms with van der Waals surface area (Å²) in [5.41, 5.74) is 1.44. The van der Waals surface area contributed by atoms with Gasteiger partial charge in [-0.1, -0.05) is 35.9 Å². The molecule has 2 atom stereocenters. The van der Waals surface area contributed by atoms with Crippen molar-refractivity contribution in [3.8, 4) is 0 Å². The fourth-order valence-corrected chi connectivity index (χ4v) is 3.50. The number of amides is 2. The molecule has 0 spiro atoms. The predicted molar refractivity (Wildman–Crippen MR) is 112 cm³/mol. The van der Waals surface area contributed by atoms with Crippen LogP contribution in [0.15, 0.2) is 48.5 Å². The molecule has 8 heteroatoms. The van der Waals surface area contributed by atoms with Crippen LogP contribution in [0.4, 0.5) is 5.69 Å². The SMILES string of the molecule is COC(=O)CC(NC(=O)c1cccc(NC(=O)C2CCCO2)c1)c1ccccc1Cl. The first-order valence-electron chi connectivity index (χ1n) is 9.62. The Morgan fingerprint density at radius 3 is 2.70 bits per heavy atom. The first-order valence-corrected chi connectivity index (χ1v) is 10.0. The zero-order valence-corrected chi connectivity index (χ0v) is 17.3. The summed E-state index contributed by atoms with van der Waals surface area (Å²) in [4.78, 5) is 37.0. The van der Waals surface area contributed by atoms with E-state index in [1.807, 2.05) is 0 Å². The Hall–Kier alpha value is -2.90. The number of nitrogens with one attached hydrogen (secondary N) is 2. The zero-order valence-electron chi connectivity index (χ0n) is 16.5. The van der Waals surface area contributed by atoms with E-state index in [1.165, 1.54) is 7.11 Å². The largest absolute Gasteiger partial charge is 0.469 e. The number of methoxy groups -OCH3 is 1. The van der Waals surface area contributed by atoms with Gasteiger partial charge < -0.3 is 20.1 Å². The van der Waals surface area contributed by atoms with Crippen LogP contribution in [-0.2, 0) is 19.1 Å². The first kappa shape index (κ1) is 21.8. The van der Waals surface area contributed by atoms with E-state index in [0.717, 1.165) is 6.42 Å². The highest BCUT2D eigenvalue weighted by Gasteiger charge is 2.24. The van der Waals surface area contributed by atoms with E-state index < -0.39 is 24.0 Å². The van der Waals surface area contributed by atoms with Crippen molar-refractivity contribution >= 4 is 35.1 Å². The van der Waals surface area contributed by atoms with Gasteiger partial charge in [0.2, 0.25) is 0 Å². The summed E-state index contributed by atoms with van der Waals surface area (Å²) < 4.78 is 10.1. The van der Waals surface area contributed by atoms with Gasteiger partial charge in [-0.15, -0.1) is 0 Å². The van der Waals surface area contributed by atoms with Crippen LogP contribution in [0.3, 0.4) is 0 Å². The monoisotopic (exact) mass is 430 g/mol. The standard InChI is InChI=1S/C22H23ClN2O5/c1-29-20(26)13-18(16-8-2-3-9-17(16)23)25-21(27)14-6-4-7-15(12-14)24-22(28)19-10-5-11-30-19/h2-4,6-9,12,18-19H,5,10-11,13H2,1H3,(H,24,28)(H,25,27). The lowest BCUT2D eigenvalue weighted by Gasteiger charge is -2.19. The number of halogens is 1. The highest BCUT2D eigenvalue weighted by molar-refractivity contribution is 6.31. The third kappa shape index (κ3) is 5.58. The smallest absolute Gasteiger partial charge is 0.307 e. The Labute approximate surface area is 179 Å². The summed E-state index contributed by atoms with van der Waals surface area (Å²) in [6.07, 6.45) is 0.997. The van der Waals surface area contributed by atoms with E-state index in [0.29, 0.717) is 34.9 Å². The lowest BCUT2D eigenvalue weighted by molar-refractivity contribution is -0.141. The van der Waals surface area contributed by atoms with E-state index in [-0.39, 0.29) is 12.3 Å². The topological polar surface area (TPSA) is 93.7 Å². The van der Waals surface area contributed by atoms with E-state index in [9.17, 15) is 14.4 Å². The molecular weight excluding hydrogens is 408 g/mol. The van der Waals surface area contributed by atoms with Crippen LogP contribution >= 0.6 is 11.6 Å². The zero-order chi connectivity index (χ0) is 21.5. The van der Waals surface area contributed by atoms with Gasteiger partial charge in [-0.2, -0.15) is 0 Å². The minimum Gasteiger partial charge on any atom is -0.469 e. The minimum atomic E-state index is -0.663. The summed E-state index contributed by atoms with van der Waals surface area (Å²) >= 11 is 6.26. The van der Waals surface area contributed by atoms with E-state index in [4.69, 9.17) is 21.1 Å². The van der Waals surface area contributed by atoms with Gasteiger partial charge in [0.25, 0.3) is 11.8 Å². The Morgan fingerprint density at radius 1 is 1.20 bits per heavy atom. The molecule has 0 aromatic heterocycles. The van der Waals surface area contributed by atoms with Crippen LogP contribution < -0.4 is 10.6 Å². The van der Waals surface area contributed by atoms with E-state index >= 15 is 0 Å². The van der Waals surface area contributed by atoms with Crippen molar-refractivity contribution in [2.75, 3.05) is 19.0 Å². The summed E-state index contributed by atoms with van der Waals surface area (Å²) in [7, 11) is 1.29. The number of carbonyl (C=O) groups is 3. The van der Waals surface area contributed by atoms with Crippen LogP contribution in [0.1, 0.15) is 41.2 Å². The fourth-order valence-electron chi connectivity index (χ4n) is 3.23. The number of hydrogen-bond acceptors (Lipinski definition) is 5. The second-order valence-corrected chi connectivity index (χ2v) is 7.31. The summed E-state index contributed by atoms with van der Waals surface area (Å²) in [5.74, 6) is -1.11. The Balaban J connectivity index is 1.74. The summed E-state index contributed by atoms with van der Waals surface area (Å²) in [5, 5.41) is 6.04. The molecule has 2 N–H and O–H groups in total. The highest BCUT2D eigenvalue weighted by atomic mass is 35.5. The van der Waals surface area contributed by atoms with E-state index in [2.05, 4.69) is 10.6 Å². The van der Waals surface area contributed by atoms with Crippen molar-refractivity contribution < 1.29 is 23.9 Å². The number of hydrogen-bond donors (Lipinski definition) is 2. The molecule has 1 aliphatic heterocycles. The molecule has 2 aromatic rings. The average Bonchev–Trinajstić information content (AvgIpc) is 3.29. The number of carbonyl (C=O) groups excluding carboxylic acids is 3.